The van der Waals surface area contributed by atoms with E-state index >= 15 is 0 Å². The van der Waals surface area contributed by atoms with E-state index in [1.54, 1.807) is 0 Å². The van der Waals surface area contributed by atoms with E-state index in [2.05, 4.69) is 27.0 Å². The van der Waals surface area contributed by atoms with Crippen molar-refractivity contribution in [2.24, 2.45) is 11.8 Å². The van der Waals surface area contributed by atoms with Crippen molar-refractivity contribution in [2.45, 2.75) is 33.1 Å². The van der Waals surface area contributed by atoms with Gasteiger partial charge in [0, 0.05) is 0 Å². The quantitative estimate of drug-likeness (QED) is 0.607. The first-order chi connectivity index (χ1) is 6.24. The molecule has 0 saturated carbocycles. The molecule has 0 heterocycles. The Kier molecular flexibility index (Phi) is 3.53. The molecule has 72 valence electrons. The average Bonchev–Trinajstić information content (AvgIpc) is 2.17. The van der Waals surface area contributed by atoms with Crippen LogP contribution < -0.4 is 0 Å². The van der Waals surface area contributed by atoms with Gasteiger partial charge in [-0.05, 0) is 42.2 Å². The number of allylic oxidation sites excluding steroid dienone is 4. The summed E-state index contributed by atoms with van der Waals surface area (Å²) in [4.78, 5) is 0. The van der Waals surface area contributed by atoms with E-state index in [0.717, 1.165) is 5.92 Å². The molecule has 1 aliphatic rings. The Morgan fingerprint density at radius 2 is 1.85 bits per heavy atom. The fourth-order valence-electron chi connectivity index (χ4n) is 2.31. The molecule has 13 heavy (non-hydrogen) atoms. The molecule has 0 amide bonds. The molecule has 0 N–H and O–H groups in total. The van der Waals surface area contributed by atoms with Crippen molar-refractivity contribution in [1.82, 2.24) is 0 Å². The molecule has 0 aromatic carbocycles. The molecule has 0 radical (unpaired) electrons. The summed E-state index contributed by atoms with van der Waals surface area (Å²) >= 11 is 0. The second kappa shape index (κ2) is 4.45. The first kappa shape index (κ1) is 10.3. The van der Waals surface area contributed by atoms with E-state index in [1.807, 2.05) is 12.2 Å². The smallest absolute Gasteiger partial charge is 0.0162 e. The van der Waals surface area contributed by atoms with Gasteiger partial charge in [-0.3, -0.25) is 0 Å². The Bertz CT molecular complexity index is 232. The van der Waals surface area contributed by atoms with E-state index in [4.69, 9.17) is 0 Å². The Morgan fingerprint density at radius 1 is 1.23 bits per heavy atom. The van der Waals surface area contributed by atoms with Gasteiger partial charge in [-0.25, -0.2) is 0 Å². The topological polar surface area (TPSA) is 0 Å². The lowest BCUT2D eigenvalue weighted by Gasteiger charge is -2.29. The fraction of sp³-hybridized carbons (Fsp3) is 0.538. The Morgan fingerprint density at radius 3 is 2.31 bits per heavy atom. The first-order valence-electron chi connectivity index (χ1n) is 5.23. The van der Waals surface area contributed by atoms with E-state index in [1.165, 1.54) is 30.4 Å². The van der Waals surface area contributed by atoms with Crippen LogP contribution in [0.15, 0.2) is 36.5 Å². The minimum atomic E-state index is 0.674. The van der Waals surface area contributed by atoms with Gasteiger partial charge < -0.3 is 0 Å². The van der Waals surface area contributed by atoms with Gasteiger partial charge in [0.05, 0.1) is 0 Å². The third-order valence-electron chi connectivity index (χ3n) is 3.18. The van der Waals surface area contributed by atoms with Crippen LogP contribution in [-0.4, -0.2) is 0 Å². The highest BCUT2D eigenvalue weighted by Crippen LogP contribution is 2.36. The van der Waals surface area contributed by atoms with Crippen LogP contribution in [0.5, 0.6) is 0 Å². The molecular formula is C13H20. The molecule has 0 aromatic heterocycles. The number of hydrogen-bond acceptors (Lipinski definition) is 0. The zero-order chi connectivity index (χ0) is 9.84. The largest absolute Gasteiger partial charge is 0.0988 e. The van der Waals surface area contributed by atoms with Gasteiger partial charge in [0.15, 0.2) is 0 Å². The molecule has 2 atom stereocenters. The fourth-order valence-corrected chi connectivity index (χ4v) is 2.31. The summed E-state index contributed by atoms with van der Waals surface area (Å²) in [5.74, 6) is 1.40. The number of rotatable bonds is 3. The second-order valence-corrected chi connectivity index (χ2v) is 3.90. The van der Waals surface area contributed by atoms with Gasteiger partial charge in [0.2, 0.25) is 0 Å². The Hall–Kier alpha value is -0.780. The third-order valence-corrected chi connectivity index (χ3v) is 3.18. The summed E-state index contributed by atoms with van der Waals surface area (Å²) in [5, 5.41) is 0. The normalized spacial score (nSPS) is 28.8. The van der Waals surface area contributed by atoms with Crippen LogP contribution in [0.25, 0.3) is 0 Å². The maximum absolute atomic E-state index is 3.91. The zero-order valence-corrected chi connectivity index (χ0v) is 8.84. The van der Waals surface area contributed by atoms with Crippen molar-refractivity contribution < 1.29 is 0 Å². The van der Waals surface area contributed by atoms with Gasteiger partial charge in [-0.15, -0.1) is 0 Å². The monoisotopic (exact) mass is 176 g/mol. The van der Waals surface area contributed by atoms with Gasteiger partial charge in [0.25, 0.3) is 0 Å². The van der Waals surface area contributed by atoms with Gasteiger partial charge in [-0.2, -0.15) is 0 Å². The Labute approximate surface area is 82.0 Å². The minimum absolute atomic E-state index is 0.674. The molecule has 1 aliphatic carbocycles. The van der Waals surface area contributed by atoms with Crippen molar-refractivity contribution >= 4 is 0 Å². The molecule has 1 rings (SSSR count). The van der Waals surface area contributed by atoms with Gasteiger partial charge >= 0.3 is 0 Å². The molecule has 2 unspecified atom stereocenters. The standard InChI is InChI=1S/C13H20/c1-5-11-9-8-10(4)12(6-2)13(11)7-3/h6-7,10-11H,2-3,5,8-9H2,1,4H3. The van der Waals surface area contributed by atoms with Crippen LogP contribution in [0.4, 0.5) is 0 Å². The highest BCUT2D eigenvalue weighted by atomic mass is 14.3. The predicted octanol–water partition coefficient (Wildman–Crippen LogP) is 4.11. The molecule has 0 heteroatoms. The molecule has 0 fully saturated rings. The molecular weight excluding hydrogens is 156 g/mol. The lowest BCUT2D eigenvalue weighted by Crippen LogP contribution is -2.15. The average molecular weight is 176 g/mol. The predicted molar refractivity (Wildman–Crippen MR) is 59.6 cm³/mol. The Balaban J connectivity index is 3.04. The summed E-state index contributed by atoms with van der Waals surface area (Å²) in [6, 6.07) is 0. The van der Waals surface area contributed by atoms with Crippen LogP contribution in [0, 0.1) is 11.8 Å². The summed E-state index contributed by atoms with van der Waals surface area (Å²) < 4.78 is 0. The molecule has 0 aliphatic heterocycles. The lowest BCUT2D eigenvalue weighted by atomic mass is 9.76. The summed E-state index contributed by atoms with van der Waals surface area (Å²) in [7, 11) is 0. The van der Waals surface area contributed by atoms with E-state index in [-0.39, 0.29) is 0 Å². The van der Waals surface area contributed by atoms with Crippen LogP contribution in [0.3, 0.4) is 0 Å². The minimum Gasteiger partial charge on any atom is -0.0988 e. The van der Waals surface area contributed by atoms with Gasteiger partial charge in [-0.1, -0.05) is 39.2 Å². The van der Waals surface area contributed by atoms with Crippen LogP contribution >= 0.6 is 0 Å². The third kappa shape index (κ3) is 1.93. The second-order valence-electron chi connectivity index (χ2n) is 3.90. The summed E-state index contributed by atoms with van der Waals surface area (Å²) in [6.45, 7) is 12.3. The van der Waals surface area contributed by atoms with E-state index < -0.39 is 0 Å². The molecule has 0 nitrogen and oxygen atoms in total. The zero-order valence-electron chi connectivity index (χ0n) is 8.84. The highest BCUT2D eigenvalue weighted by molar-refractivity contribution is 5.36. The van der Waals surface area contributed by atoms with E-state index in [0.29, 0.717) is 5.92 Å². The SMILES string of the molecule is C=CC1=C(C=C)C(CC)CCC1C. The molecule has 0 spiro atoms. The van der Waals surface area contributed by atoms with Crippen molar-refractivity contribution in [3.8, 4) is 0 Å². The summed E-state index contributed by atoms with van der Waals surface area (Å²) in [5.41, 5.74) is 2.87. The lowest BCUT2D eigenvalue weighted by molar-refractivity contribution is 0.438. The highest BCUT2D eigenvalue weighted by Gasteiger charge is 2.22. The van der Waals surface area contributed by atoms with Crippen molar-refractivity contribution in [2.75, 3.05) is 0 Å². The first-order valence-corrected chi connectivity index (χ1v) is 5.23. The number of hydrogen-bond donors (Lipinski definition) is 0. The van der Waals surface area contributed by atoms with Crippen LogP contribution in [0.2, 0.25) is 0 Å². The van der Waals surface area contributed by atoms with Crippen LogP contribution in [0.1, 0.15) is 33.1 Å². The molecule has 0 aromatic rings. The van der Waals surface area contributed by atoms with Crippen molar-refractivity contribution in [3.63, 3.8) is 0 Å². The van der Waals surface area contributed by atoms with Crippen molar-refractivity contribution in [3.05, 3.63) is 36.5 Å². The van der Waals surface area contributed by atoms with Gasteiger partial charge in [0.1, 0.15) is 0 Å². The van der Waals surface area contributed by atoms with Crippen molar-refractivity contribution in [1.29, 1.82) is 0 Å². The van der Waals surface area contributed by atoms with E-state index in [9.17, 15) is 0 Å². The maximum atomic E-state index is 3.91. The molecule has 0 saturated heterocycles. The maximum Gasteiger partial charge on any atom is -0.0162 e. The summed E-state index contributed by atoms with van der Waals surface area (Å²) in [6.07, 6.45) is 7.89. The van der Waals surface area contributed by atoms with Crippen LogP contribution in [-0.2, 0) is 0 Å². The molecule has 0 bridgehead atoms.